The van der Waals surface area contributed by atoms with E-state index in [9.17, 15) is 13.2 Å². The lowest BCUT2D eigenvalue weighted by molar-refractivity contribution is -0.116. The van der Waals surface area contributed by atoms with Crippen LogP contribution in [0.5, 0.6) is 5.75 Å². The third-order valence-corrected chi connectivity index (χ3v) is 6.87. The van der Waals surface area contributed by atoms with Gasteiger partial charge in [-0.1, -0.05) is 28.1 Å². The Morgan fingerprint density at radius 1 is 1.14 bits per heavy atom. The minimum absolute atomic E-state index is 0.215. The lowest BCUT2D eigenvalue weighted by Gasteiger charge is -2.34. The second-order valence-corrected chi connectivity index (χ2v) is 9.28. The number of benzene rings is 2. The third-order valence-electron chi connectivity index (χ3n) is 4.41. The standard InChI is InChI=1S/C19H22BrN3O4S/c1-27-18-5-2-4-15(12-18)13-22-10-3-11-23(28(22,25)26)14-19(24)21-17-8-6-16(20)7-9-17/h2,4-9,12H,3,10-11,13-14H2,1H3,(H,21,24). The number of halogens is 1. The van der Waals surface area contributed by atoms with Crippen molar-refractivity contribution in [3.63, 3.8) is 0 Å². The summed E-state index contributed by atoms with van der Waals surface area (Å²) in [5, 5.41) is 2.73. The van der Waals surface area contributed by atoms with E-state index in [2.05, 4.69) is 21.2 Å². The second kappa shape index (κ2) is 9.04. The molecular formula is C19H22BrN3O4S. The van der Waals surface area contributed by atoms with Crippen LogP contribution in [-0.4, -0.2) is 49.7 Å². The van der Waals surface area contributed by atoms with Crippen LogP contribution in [0, 0.1) is 0 Å². The highest BCUT2D eigenvalue weighted by Gasteiger charge is 2.34. The third kappa shape index (κ3) is 5.11. The van der Waals surface area contributed by atoms with Crippen molar-refractivity contribution < 1.29 is 17.9 Å². The highest BCUT2D eigenvalue weighted by molar-refractivity contribution is 9.10. The molecule has 0 bridgehead atoms. The quantitative estimate of drug-likeness (QED) is 0.708. The van der Waals surface area contributed by atoms with Crippen LogP contribution in [0.15, 0.2) is 53.0 Å². The number of ether oxygens (including phenoxy) is 1. The number of hydrogen-bond donors (Lipinski definition) is 1. The number of carbonyl (C=O) groups is 1. The zero-order valence-corrected chi connectivity index (χ0v) is 17.9. The van der Waals surface area contributed by atoms with Gasteiger partial charge in [-0.15, -0.1) is 0 Å². The van der Waals surface area contributed by atoms with E-state index in [4.69, 9.17) is 4.74 Å². The van der Waals surface area contributed by atoms with Gasteiger partial charge in [-0.2, -0.15) is 17.0 Å². The number of rotatable bonds is 6. The van der Waals surface area contributed by atoms with E-state index < -0.39 is 10.2 Å². The van der Waals surface area contributed by atoms with E-state index in [1.807, 2.05) is 36.4 Å². The SMILES string of the molecule is COc1cccc(CN2CCCN(CC(=O)Nc3ccc(Br)cc3)S2(=O)=O)c1. The van der Waals surface area contributed by atoms with Crippen LogP contribution in [0.1, 0.15) is 12.0 Å². The van der Waals surface area contributed by atoms with Gasteiger partial charge in [-0.05, 0) is 48.4 Å². The topological polar surface area (TPSA) is 79.0 Å². The van der Waals surface area contributed by atoms with Gasteiger partial charge in [0.15, 0.2) is 0 Å². The van der Waals surface area contributed by atoms with Gasteiger partial charge in [-0.3, -0.25) is 4.79 Å². The first-order chi connectivity index (χ1) is 13.4. The molecule has 2 aromatic rings. The Morgan fingerprint density at radius 3 is 2.57 bits per heavy atom. The molecule has 150 valence electrons. The molecule has 0 spiro atoms. The van der Waals surface area contributed by atoms with Gasteiger partial charge in [0, 0.05) is 29.8 Å². The first kappa shape index (κ1) is 20.8. The second-order valence-electron chi connectivity index (χ2n) is 6.44. The predicted molar refractivity (Wildman–Crippen MR) is 111 cm³/mol. The molecule has 7 nitrogen and oxygen atoms in total. The van der Waals surface area contributed by atoms with Crippen LogP contribution in [0.2, 0.25) is 0 Å². The zero-order valence-electron chi connectivity index (χ0n) is 15.5. The van der Waals surface area contributed by atoms with Gasteiger partial charge in [0.25, 0.3) is 10.2 Å². The summed E-state index contributed by atoms with van der Waals surface area (Å²) in [6.45, 7) is 0.770. The molecule has 1 heterocycles. The highest BCUT2D eigenvalue weighted by atomic mass is 79.9. The summed E-state index contributed by atoms with van der Waals surface area (Å²) in [5.41, 5.74) is 1.46. The smallest absolute Gasteiger partial charge is 0.282 e. The van der Waals surface area contributed by atoms with Crippen molar-refractivity contribution in [2.45, 2.75) is 13.0 Å². The maximum atomic E-state index is 12.9. The van der Waals surface area contributed by atoms with E-state index in [0.717, 1.165) is 10.0 Å². The van der Waals surface area contributed by atoms with Crippen molar-refractivity contribution in [1.29, 1.82) is 0 Å². The molecule has 0 saturated carbocycles. The van der Waals surface area contributed by atoms with Gasteiger partial charge in [0.2, 0.25) is 5.91 Å². The maximum absolute atomic E-state index is 12.9. The molecule has 0 unspecified atom stereocenters. The van der Waals surface area contributed by atoms with Crippen LogP contribution in [0.25, 0.3) is 0 Å². The number of anilines is 1. The molecule has 28 heavy (non-hydrogen) atoms. The number of amides is 1. The predicted octanol–water partition coefficient (Wildman–Crippen LogP) is 2.85. The Labute approximate surface area is 173 Å². The first-order valence-electron chi connectivity index (χ1n) is 8.82. The van der Waals surface area contributed by atoms with Crippen molar-refractivity contribution >= 4 is 37.7 Å². The molecule has 3 rings (SSSR count). The van der Waals surface area contributed by atoms with Crippen molar-refractivity contribution in [2.24, 2.45) is 0 Å². The monoisotopic (exact) mass is 467 g/mol. The van der Waals surface area contributed by atoms with E-state index >= 15 is 0 Å². The molecule has 1 saturated heterocycles. The Morgan fingerprint density at radius 2 is 1.86 bits per heavy atom. The normalized spacial score (nSPS) is 17.2. The molecule has 1 fully saturated rings. The van der Waals surface area contributed by atoms with Crippen LogP contribution in [-0.2, 0) is 21.5 Å². The van der Waals surface area contributed by atoms with Crippen LogP contribution < -0.4 is 10.1 Å². The molecule has 0 radical (unpaired) electrons. The summed E-state index contributed by atoms with van der Waals surface area (Å²) < 4.78 is 34.6. The average molecular weight is 468 g/mol. The minimum Gasteiger partial charge on any atom is -0.497 e. The molecule has 1 aliphatic heterocycles. The van der Waals surface area contributed by atoms with E-state index in [1.165, 1.54) is 8.61 Å². The van der Waals surface area contributed by atoms with Crippen molar-refractivity contribution in [1.82, 2.24) is 8.61 Å². The molecule has 9 heteroatoms. The van der Waals surface area contributed by atoms with Crippen molar-refractivity contribution in [2.75, 3.05) is 32.1 Å². The summed E-state index contributed by atoms with van der Waals surface area (Å²) in [4.78, 5) is 12.3. The Bertz CT molecular complexity index is 934. The molecule has 1 N–H and O–H groups in total. The van der Waals surface area contributed by atoms with Crippen LogP contribution in [0.4, 0.5) is 5.69 Å². The Hall–Kier alpha value is -1.94. The highest BCUT2D eigenvalue weighted by Crippen LogP contribution is 2.21. The Balaban J connectivity index is 1.66. The summed E-state index contributed by atoms with van der Waals surface area (Å²) in [6.07, 6.45) is 0.661. The lowest BCUT2D eigenvalue weighted by atomic mass is 10.2. The maximum Gasteiger partial charge on any atom is 0.282 e. The van der Waals surface area contributed by atoms with Crippen molar-refractivity contribution in [3.05, 3.63) is 58.6 Å². The molecule has 0 aliphatic carbocycles. The molecule has 2 aromatic carbocycles. The van der Waals surface area contributed by atoms with Gasteiger partial charge in [-0.25, -0.2) is 0 Å². The van der Waals surface area contributed by atoms with Gasteiger partial charge in [0.05, 0.1) is 13.7 Å². The molecule has 1 aliphatic rings. The number of hydrogen-bond acceptors (Lipinski definition) is 4. The lowest BCUT2D eigenvalue weighted by Crippen LogP contribution is -2.51. The number of nitrogens with zero attached hydrogens (tertiary/aromatic N) is 2. The van der Waals surface area contributed by atoms with Gasteiger partial charge in [0.1, 0.15) is 5.75 Å². The van der Waals surface area contributed by atoms with E-state index in [-0.39, 0.29) is 19.0 Å². The van der Waals surface area contributed by atoms with Gasteiger partial charge < -0.3 is 10.1 Å². The summed E-state index contributed by atoms with van der Waals surface area (Å²) in [7, 11) is -2.15. The Kier molecular flexibility index (Phi) is 6.71. The molecule has 0 atom stereocenters. The fraction of sp³-hybridized carbons (Fsp3) is 0.316. The van der Waals surface area contributed by atoms with Gasteiger partial charge >= 0.3 is 0 Å². The fourth-order valence-electron chi connectivity index (χ4n) is 3.01. The molecular weight excluding hydrogens is 446 g/mol. The van der Waals surface area contributed by atoms with E-state index in [1.54, 1.807) is 19.2 Å². The van der Waals surface area contributed by atoms with Crippen LogP contribution >= 0.6 is 15.9 Å². The summed E-state index contributed by atoms with van der Waals surface area (Å²) in [5.74, 6) is 0.312. The fourth-order valence-corrected chi connectivity index (χ4v) is 4.91. The first-order valence-corrected chi connectivity index (χ1v) is 11.0. The number of nitrogens with one attached hydrogen (secondary N) is 1. The zero-order chi connectivity index (χ0) is 20.1. The largest absolute Gasteiger partial charge is 0.497 e. The van der Waals surface area contributed by atoms with E-state index in [0.29, 0.717) is 30.9 Å². The van der Waals surface area contributed by atoms with Crippen LogP contribution in [0.3, 0.4) is 0 Å². The van der Waals surface area contributed by atoms with Crippen molar-refractivity contribution in [3.8, 4) is 5.75 Å². The summed E-state index contributed by atoms with van der Waals surface area (Å²) >= 11 is 3.34. The average Bonchev–Trinajstić information content (AvgIpc) is 2.67. The summed E-state index contributed by atoms with van der Waals surface area (Å²) in [6, 6.07) is 14.4. The molecule has 0 aromatic heterocycles. The minimum atomic E-state index is -3.72. The number of carbonyl (C=O) groups excluding carboxylic acids is 1. The number of methoxy groups -OCH3 is 1. The molecule has 1 amide bonds.